The molecule has 2 aromatic carbocycles. The Hall–Kier alpha value is -4.01. The first-order chi connectivity index (χ1) is 15.9. The van der Waals surface area contributed by atoms with Crippen molar-refractivity contribution in [1.82, 2.24) is 20.1 Å². The smallest absolute Gasteiger partial charge is 0.337 e. The van der Waals surface area contributed by atoms with Crippen LogP contribution in [0.25, 0.3) is 0 Å². The summed E-state index contributed by atoms with van der Waals surface area (Å²) in [6.45, 7) is 1.98. The van der Waals surface area contributed by atoms with Gasteiger partial charge in [0.1, 0.15) is 5.82 Å². The number of nitrogens with one attached hydrogen (secondary N) is 2. The number of ether oxygens (including phenoxy) is 2. The molecule has 9 nitrogen and oxygen atoms in total. The maximum Gasteiger partial charge on any atom is 0.337 e. The van der Waals surface area contributed by atoms with Crippen molar-refractivity contribution in [3.05, 3.63) is 65.4 Å². The van der Waals surface area contributed by atoms with E-state index in [1.807, 2.05) is 56.4 Å². The summed E-state index contributed by atoms with van der Waals surface area (Å²) in [5, 5.41) is 16.5. The van der Waals surface area contributed by atoms with Crippen LogP contribution in [0.15, 0.2) is 53.8 Å². The number of aromatic nitrogens is 2. The predicted octanol–water partition coefficient (Wildman–Crippen LogP) is 3.52. The van der Waals surface area contributed by atoms with Gasteiger partial charge in [-0.2, -0.15) is 10.2 Å². The van der Waals surface area contributed by atoms with Crippen LogP contribution in [0.5, 0.6) is 11.5 Å². The van der Waals surface area contributed by atoms with E-state index in [2.05, 4.69) is 15.7 Å². The van der Waals surface area contributed by atoms with Crippen molar-refractivity contribution < 1.29 is 14.3 Å². The molecule has 4 rings (SSSR count). The Labute approximate surface area is 193 Å². The molecule has 1 aliphatic heterocycles. The Morgan fingerprint density at radius 3 is 2.39 bits per heavy atom. The molecule has 1 aliphatic rings. The minimum Gasteiger partial charge on any atom is -0.493 e. The van der Waals surface area contributed by atoms with E-state index in [1.54, 1.807) is 32.1 Å². The van der Waals surface area contributed by atoms with E-state index >= 15 is 0 Å². The molecular formula is C24H28N6O3. The van der Waals surface area contributed by atoms with Crippen molar-refractivity contribution in [2.45, 2.75) is 19.4 Å². The number of fused-ring (bicyclic) bond motifs is 1. The zero-order chi connectivity index (χ0) is 23.5. The molecule has 0 spiro atoms. The fourth-order valence-corrected chi connectivity index (χ4v) is 3.90. The van der Waals surface area contributed by atoms with Crippen LogP contribution in [-0.4, -0.2) is 53.8 Å². The lowest BCUT2D eigenvalue weighted by Gasteiger charge is -2.22. The van der Waals surface area contributed by atoms with Crippen LogP contribution in [-0.2, 0) is 13.5 Å². The highest BCUT2D eigenvalue weighted by Crippen LogP contribution is 2.34. The van der Waals surface area contributed by atoms with Crippen molar-refractivity contribution in [2.24, 2.45) is 12.1 Å². The summed E-state index contributed by atoms with van der Waals surface area (Å²) in [5.41, 5.74) is 4.41. The number of rotatable bonds is 5. The molecule has 1 atom stereocenters. The van der Waals surface area contributed by atoms with Gasteiger partial charge in [-0.3, -0.25) is 4.68 Å². The topological polar surface area (TPSA) is 93.0 Å². The summed E-state index contributed by atoms with van der Waals surface area (Å²) in [4.78, 5) is 12.6. The van der Waals surface area contributed by atoms with E-state index in [-0.39, 0.29) is 12.1 Å². The number of carbonyl (C=O) groups excluding carboxylic acids is 1. The highest BCUT2D eigenvalue weighted by molar-refractivity contribution is 6.14. The third kappa shape index (κ3) is 4.34. The lowest BCUT2D eigenvalue weighted by Crippen LogP contribution is -2.41. The molecule has 1 aromatic heterocycles. The van der Waals surface area contributed by atoms with Gasteiger partial charge in [0.25, 0.3) is 0 Å². The second-order valence-corrected chi connectivity index (χ2v) is 7.81. The van der Waals surface area contributed by atoms with Crippen LogP contribution in [0.4, 0.5) is 16.3 Å². The summed E-state index contributed by atoms with van der Waals surface area (Å²) in [5.74, 6) is 2.14. The molecule has 9 heteroatoms. The lowest BCUT2D eigenvalue weighted by atomic mass is 9.94. The van der Waals surface area contributed by atoms with Crippen LogP contribution in [0.3, 0.4) is 0 Å². The van der Waals surface area contributed by atoms with Gasteiger partial charge in [-0.1, -0.05) is 12.1 Å². The van der Waals surface area contributed by atoms with Gasteiger partial charge in [0, 0.05) is 37.0 Å². The van der Waals surface area contributed by atoms with Crippen LogP contribution in [0.2, 0.25) is 0 Å². The number of anilines is 2. The first-order valence-corrected chi connectivity index (χ1v) is 10.7. The number of hydrogen-bond donors (Lipinski definition) is 2. The van der Waals surface area contributed by atoms with Gasteiger partial charge in [-0.05, 0) is 43.2 Å². The lowest BCUT2D eigenvalue weighted by molar-refractivity contribution is 0.184. The summed E-state index contributed by atoms with van der Waals surface area (Å²) < 4.78 is 12.8. The number of methoxy groups -OCH3 is 2. The molecule has 172 valence electrons. The van der Waals surface area contributed by atoms with Crippen molar-refractivity contribution in [3.63, 3.8) is 0 Å². The average Bonchev–Trinajstić information content (AvgIpc) is 3.17. The molecule has 33 heavy (non-hydrogen) atoms. The Morgan fingerprint density at radius 1 is 1.09 bits per heavy atom. The first kappa shape index (κ1) is 22.2. The highest BCUT2D eigenvalue weighted by Gasteiger charge is 2.28. The number of aryl methyl sites for hydroxylation is 1. The second kappa shape index (κ2) is 9.23. The fourth-order valence-electron chi connectivity index (χ4n) is 3.90. The molecule has 2 amide bonds. The third-order valence-corrected chi connectivity index (χ3v) is 5.68. The fraction of sp³-hybridized carbons (Fsp3) is 0.292. The van der Waals surface area contributed by atoms with Crippen LogP contribution >= 0.6 is 0 Å². The standard InChI is InChI=1S/C24H28N6O3/c1-15-12-17-13-20(32-4)21(33-5)14-19(17)23(28-30(15)24(31)25-2)16-6-8-18(9-7-16)27-22-10-11-26-29(22)3/h6-11,13-15,27H,12H2,1-5H3,(H,25,31)/t15-/m1/s1. The third-order valence-electron chi connectivity index (χ3n) is 5.68. The number of carbonyl (C=O) groups is 1. The van der Waals surface area contributed by atoms with Crippen molar-refractivity contribution >= 4 is 23.2 Å². The Morgan fingerprint density at radius 2 is 1.79 bits per heavy atom. The summed E-state index contributed by atoms with van der Waals surface area (Å²) in [6.07, 6.45) is 2.36. The molecule has 0 aliphatic carbocycles. The molecule has 0 fully saturated rings. The number of hydrogen-bond acceptors (Lipinski definition) is 6. The number of nitrogens with zero attached hydrogens (tertiary/aromatic N) is 4. The summed E-state index contributed by atoms with van der Waals surface area (Å²) in [6, 6.07) is 13.3. The van der Waals surface area contributed by atoms with Gasteiger partial charge in [0.2, 0.25) is 0 Å². The maximum atomic E-state index is 12.6. The van der Waals surface area contributed by atoms with E-state index in [9.17, 15) is 4.79 Å². The molecule has 0 radical (unpaired) electrons. The predicted molar refractivity (Wildman–Crippen MR) is 128 cm³/mol. The number of amides is 2. The highest BCUT2D eigenvalue weighted by atomic mass is 16.5. The minimum absolute atomic E-state index is 0.148. The molecule has 0 unspecified atom stereocenters. The van der Waals surface area contributed by atoms with Crippen molar-refractivity contribution in [1.29, 1.82) is 0 Å². The van der Waals surface area contributed by atoms with Gasteiger partial charge < -0.3 is 20.1 Å². The van der Waals surface area contributed by atoms with Gasteiger partial charge in [0.05, 0.1) is 32.2 Å². The van der Waals surface area contributed by atoms with Crippen LogP contribution < -0.4 is 20.1 Å². The Balaban J connectivity index is 1.79. The second-order valence-electron chi connectivity index (χ2n) is 7.81. The first-order valence-electron chi connectivity index (χ1n) is 10.7. The largest absolute Gasteiger partial charge is 0.493 e. The van der Waals surface area contributed by atoms with E-state index in [0.717, 1.165) is 28.2 Å². The molecule has 2 N–H and O–H groups in total. The normalized spacial score (nSPS) is 15.2. The number of hydrazone groups is 1. The summed E-state index contributed by atoms with van der Waals surface area (Å²) in [7, 11) is 6.71. The molecule has 0 bridgehead atoms. The van der Waals surface area contributed by atoms with Crippen molar-refractivity contribution in [2.75, 3.05) is 26.6 Å². The van der Waals surface area contributed by atoms with Gasteiger partial charge in [-0.15, -0.1) is 0 Å². The molecule has 2 heterocycles. The van der Waals surface area contributed by atoms with Gasteiger partial charge >= 0.3 is 6.03 Å². The monoisotopic (exact) mass is 448 g/mol. The quantitative estimate of drug-likeness (QED) is 0.623. The van der Waals surface area contributed by atoms with Gasteiger partial charge in [0.15, 0.2) is 11.5 Å². The van der Waals surface area contributed by atoms with Crippen molar-refractivity contribution in [3.8, 4) is 11.5 Å². The van der Waals surface area contributed by atoms with E-state index in [0.29, 0.717) is 23.6 Å². The molecule has 3 aromatic rings. The average molecular weight is 449 g/mol. The number of benzene rings is 2. The number of urea groups is 1. The minimum atomic E-state index is -0.263. The van der Waals surface area contributed by atoms with E-state index in [4.69, 9.17) is 14.6 Å². The van der Waals surface area contributed by atoms with E-state index < -0.39 is 0 Å². The van der Waals surface area contributed by atoms with Crippen LogP contribution in [0, 0.1) is 0 Å². The zero-order valence-corrected chi connectivity index (χ0v) is 19.4. The molecule has 0 saturated carbocycles. The van der Waals surface area contributed by atoms with E-state index in [1.165, 1.54) is 5.01 Å². The Bertz CT molecular complexity index is 1190. The summed E-state index contributed by atoms with van der Waals surface area (Å²) >= 11 is 0. The van der Waals surface area contributed by atoms with Crippen LogP contribution in [0.1, 0.15) is 23.6 Å². The molecular weight excluding hydrogens is 420 g/mol. The zero-order valence-electron chi connectivity index (χ0n) is 19.4. The van der Waals surface area contributed by atoms with Gasteiger partial charge in [-0.25, -0.2) is 9.80 Å². The SMILES string of the molecule is CNC(=O)N1N=C(c2ccc(Nc3ccnn3C)cc2)c2cc(OC)c(OC)cc2C[C@H]1C. The molecule has 0 saturated heterocycles. The maximum absolute atomic E-state index is 12.6. The Kier molecular flexibility index (Phi) is 6.21.